The molecule has 7 heteroatoms. The molecule has 1 fully saturated rings. The third-order valence-corrected chi connectivity index (χ3v) is 5.58. The lowest BCUT2D eigenvalue weighted by Gasteiger charge is -2.12. The molecule has 1 saturated heterocycles. The summed E-state index contributed by atoms with van der Waals surface area (Å²) in [5.41, 5.74) is 4.65. The maximum atomic E-state index is 5.78. The van der Waals surface area contributed by atoms with Crippen LogP contribution >= 0.6 is 0 Å². The third kappa shape index (κ3) is 7.36. The van der Waals surface area contributed by atoms with E-state index in [0.717, 1.165) is 70.6 Å². The summed E-state index contributed by atoms with van der Waals surface area (Å²) in [4.78, 5) is 4.79. The minimum Gasteiger partial charge on any atom is -0.381 e. The Morgan fingerprint density at radius 2 is 2.10 bits per heavy atom. The average Bonchev–Trinajstić information content (AvgIpc) is 3.38. The highest BCUT2D eigenvalue weighted by Crippen LogP contribution is 2.16. The Hall–Kier alpha value is -2.38. The number of aliphatic imine (C=N–C) groups is 1. The van der Waals surface area contributed by atoms with Gasteiger partial charge in [0, 0.05) is 43.5 Å². The Morgan fingerprint density at radius 3 is 2.84 bits per heavy atom. The van der Waals surface area contributed by atoms with Gasteiger partial charge in [-0.15, -0.1) is 0 Å². The summed E-state index contributed by atoms with van der Waals surface area (Å²) >= 11 is 0. The van der Waals surface area contributed by atoms with E-state index in [2.05, 4.69) is 60.4 Å². The number of benzene rings is 1. The number of aromatic nitrogens is 2. The van der Waals surface area contributed by atoms with Gasteiger partial charge in [0.2, 0.25) is 0 Å². The van der Waals surface area contributed by atoms with E-state index in [1.807, 2.05) is 6.07 Å². The zero-order chi connectivity index (χ0) is 21.9. The van der Waals surface area contributed by atoms with Gasteiger partial charge in [-0.05, 0) is 39.2 Å². The van der Waals surface area contributed by atoms with E-state index in [1.165, 1.54) is 16.8 Å². The second-order valence-corrected chi connectivity index (χ2v) is 8.07. The molecule has 3 rings (SSSR count). The van der Waals surface area contributed by atoms with Crippen molar-refractivity contribution in [3.05, 3.63) is 52.8 Å². The van der Waals surface area contributed by atoms with E-state index in [-0.39, 0.29) is 0 Å². The van der Waals surface area contributed by atoms with Crippen molar-refractivity contribution in [3.8, 4) is 0 Å². The standard InChI is InChI=1S/C24H37N5O2/c1-4-25-24(26-12-8-13-30-17-22-11-14-31-18-22)27-15-23-19(2)28-29(20(23)3)16-21-9-6-5-7-10-21/h5-7,9-10,22H,4,8,11-18H2,1-3H3,(H2,25,26,27). The smallest absolute Gasteiger partial charge is 0.191 e. The number of rotatable bonds is 11. The third-order valence-electron chi connectivity index (χ3n) is 5.58. The topological polar surface area (TPSA) is 72.7 Å². The number of guanidine groups is 1. The van der Waals surface area contributed by atoms with E-state index in [9.17, 15) is 0 Å². The predicted molar refractivity (Wildman–Crippen MR) is 124 cm³/mol. The van der Waals surface area contributed by atoms with Crippen LogP contribution in [0.4, 0.5) is 0 Å². The fourth-order valence-electron chi connectivity index (χ4n) is 3.72. The number of hydrogen-bond acceptors (Lipinski definition) is 4. The summed E-state index contributed by atoms with van der Waals surface area (Å²) in [5.74, 6) is 1.41. The number of nitrogens with zero attached hydrogens (tertiary/aromatic N) is 3. The van der Waals surface area contributed by atoms with Crippen LogP contribution in [0.15, 0.2) is 35.3 Å². The van der Waals surface area contributed by atoms with Gasteiger partial charge in [-0.2, -0.15) is 5.10 Å². The van der Waals surface area contributed by atoms with E-state index in [4.69, 9.17) is 19.6 Å². The van der Waals surface area contributed by atoms with Crippen molar-refractivity contribution in [1.29, 1.82) is 0 Å². The molecule has 2 N–H and O–H groups in total. The van der Waals surface area contributed by atoms with Crippen LogP contribution in [-0.4, -0.2) is 55.3 Å². The maximum Gasteiger partial charge on any atom is 0.191 e. The van der Waals surface area contributed by atoms with E-state index in [1.54, 1.807) is 0 Å². The van der Waals surface area contributed by atoms with Crippen LogP contribution in [0.5, 0.6) is 0 Å². The average molecular weight is 428 g/mol. The molecule has 0 aliphatic carbocycles. The first-order valence-electron chi connectivity index (χ1n) is 11.4. The summed E-state index contributed by atoms with van der Waals surface area (Å²) in [7, 11) is 0. The fraction of sp³-hybridized carbons (Fsp3) is 0.583. The lowest BCUT2D eigenvalue weighted by molar-refractivity contribution is 0.0888. The van der Waals surface area contributed by atoms with Crippen molar-refractivity contribution in [2.45, 2.75) is 46.7 Å². The Kier molecular flexibility index (Phi) is 9.37. The van der Waals surface area contributed by atoms with Crippen molar-refractivity contribution in [2.24, 2.45) is 10.9 Å². The van der Waals surface area contributed by atoms with Gasteiger partial charge in [0.1, 0.15) is 0 Å². The van der Waals surface area contributed by atoms with Crippen LogP contribution in [0.1, 0.15) is 42.3 Å². The molecule has 170 valence electrons. The molecule has 0 spiro atoms. The van der Waals surface area contributed by atoms with Crippen molar-refractivity contribution in [2.75, 3.05) is 39.5 Å². The quantitative estimate of drug-likeness (QED) is 0.328. The van der Waals surface area contributed by atoms with Crippen molar-refractivity contribution in [3.63, 3.8) is 0 Å². The van der Waals surface area contributed by atoms with Gasteiger partial charge in [0.25, 0.3) is 0 Å². The van der Waals surface area contributed by atoms with Gasteiger partial charge >= 0.3 is 0 Å². The van der Waals surface area contributed by atoms with Crippen molar-refractivity contribution >= 4 is 5.96 Å². The molecule has 1 unspecified atom stereocenters. The molecular weight excluding hydrogens is 390 g/mol. The zero-order valence-corrected chi connectivity index (χ0v) is 19.2. The first-order valence-corrected chi connectivity index (χ1v) is 11.4. The Labute approximate surface area is 186 Å². The molecule has 2 heterocycles. The van der Waals surface area contributed by atoms with Crippen LogP contribution in [-0.2, 0) is 22.6 Å². The summed E-state index contributed by atoms with van der Waals surface area (Å²) in [6.45, 7) is 12.6. The molecule has 31 heavy (non-hydrogen) atoms. The first kappa shape index (κ1) is 23.3. The van der Waals surface area contributed by atoms with Gasteiger partial charge in [0.05, 0.1) is 32.0 Å². The number of aryl methyl sites for hydroxylation is 1. The molecule has 2 aromatic rings. The predicted octanol–water partition coefficient (Wildman–Crippen LogP) is 3.05. The van der Waals surface area contributed by atoms with Gasteiger partial charge in [-0.25, -0.2) is 4.99 Å². The summed E-state index contributed by atoms with van der Waals surface area (Å²) in [5, 5.41) is 11.5. The van der Waals surface area contributed by atoms with E-state index < -0.39 is 0 Å². The van der Waals surface area contributed by atoms with Gasteiger partial charge in [-0.3, -0.25) is 4.68 Å². The van der Waals surface area contributed by atoms with Gasteiger partial charge in [0.15, 0.2) is 5.96 Å². The Bertz CT molecular complexity index is 813. The largest absolute Gasteiger partial charge is 0.381 e. The molecule has 0 saturated carbocycles. The Morgan fingerprint density at radius 1 is 1.26 bits per heavy atom. The lowest BCUT2D eigenvalue weighted by Crippen LogP contribution is -2.38. The van der Waals surface area contributed by atoms with Crippen LogP contribution in [0, 0.1) is 19.8 Å². The monoisotopic (exact) mass is 427 g/mol. The highest BCUT2D eigenvalue weighted by atomic mass is 16.5. The molecule has 1 atom stereocenters. The molecule has 7 nitrogen and oxygen atoms in total. The molecular formula is C24H37N5O2. The zero-order valence-electron chi connectivity index (χ0n) is 19.2. The number of ether oxygens (including phenoxy) is 2. The highest BCUT2D eigenvalue weighted by molar-refractivity contribution is 5.79. The minimum atomic E-state index is 0.570. The van der Waals surface area contributed by atoms with Crippen LogP contribution in [0.25, 0.3) is 0 Å². The highest BCUT2D eigenvalue weighted by Gasteiger charge is 2.15. The first-order chi connectivity index (χ1) is 15.2. The summed E-state index contributed by atoms with van der Waals surface area (Å²) in [6.07, 6.45) is 2.07. The van der Waals surface area contributed by atoms with Crippen LogP contribution in [0.3, 0.4) is 0 Å². The van der Waals surface area contributed by atoms with Crippen LogP contribution < -0.4 is 10.6 Å². The molecule has 1 aliphatic rings. The van der Waals surface area contributed by atoms with E-state index >= 15 is 0 Å². The normalized spacial score (nSPS) is 16.6. The minimum absolute atomic E-state index is 0.570. The van der Waals surface area contributed by atoms with Gasteiger partial charge in [-0.1, -0.05) is 30.3 Å². The fourth-order valence-corrected chi connectivity index (χ4v) is 3.72. The molecule has 1 aromatic carbocycles. The van der Waals surface area contributed by atoms with Crippen molar-refractivity contribution < 1.29 is 9.47 Å². The van der Waals surface area contributed by atoms with E-state index in [0.29, 0.717) is 12.5 Å². The SMILES string of the molecule is CCNC(=NCc1c(C)nn(Cc2ccccc2)c1C)NCCCOCC1CCOC1. The molecule has 1 aliphatic heterocycles. The van der Waals surface area contributed by atoms with Crippen molar-refractivity contribution in [1.82, 2.24) is 20.4 Å². The number of nitrogens with one attached hydrogen (secondary N) is 2. The maximum absolute atomic E-state index is 5.78. The lowest BCUT2D eigenvalue weighted by atomic mass is 10.1. The Balaban J connectivity index is 1.47. The van der Waals surface area contributed by atoms with Crippen LogP contribution in [0.2, 0.25) is 0 Å². The molecule has 0 radical (unpaired) electrons. The summed E-state index contributed by atoms with van der Waals surface area (Å²) < 4.78 is 13.2. The second kappa shape index (κ2) is 12.5. The number of hydrogen-bond donors (Lipinski definition) is 2. The summed E-state index contributed by atoms with van der Waals surface area (Å²) in [6, 6.07) is 10.4. The van der Waals surface area contributed by atoms with Gasteiger partial charge < -0.3 is 20.1 Å². The molecule has 1 aromatic heterocycles. The second-order valence-electron chi connectivity index (χ2n) is 8.07. The molecule has 0 amide bonds. The molecule has 0 bridgehead atoms.